The molecule has 1 aromatic carbocycles. The van der Waals surface area contributed by atoms with Crippen molar-refractivity contribution in [2.24, 2.45) is 5.73 Å². The van der Waals surface area contributed by atoms with E-state index >= 15 is 0 Å². The number of hydrogen-bond acceptors (Lipinski definition) is 5. The van der Waals surface area contributed by atoms with Crippen LogP contribution in [0.2, 0.25) is 0 Å². The smallest absolute Gasteiger partial charge is 0.230 e. The average Bonchev–Trinajstić information content (AvgIpc) is 2.82. The van der Waals surface area contributed by atoms with E-state index < -0.39 is 0 Å². The van der Waals surface area contributed by atoms with Crippen LogP contribution in [-0.4, -0.2) is 16.8 Å². The van der Waals surface area contributed by atoms with Gasteiger partial charge in [-0.1, -0.05) is 12.1 Å². The molecule has 96 valence electrons. The molecule has 0 radical (unpaired) electrons. The summed E-state index contributed by atoms with van der Waals surface area (Å²) < 4.78 is 11.0. The normalized spacial score (nSPS) is 10.6. The molecule has 0 saturated carbocycles. The summed E-state index contributed by atoms with van der Waals surface area (Å²) in [6.45, 7) is 4.89. The molecule has 0 fully saturated rings. The molecular formula is C13H17N3O2. The second-order valence-electron chi connectivity index (χ2n) is 4.09. The number of benzene rings is 1. The van der Waals surface area contributed by atoms with Crippen LogP contribution in [0.3, 0.4) is 0 Å². The van der Waals surface area contributed by atoms with Crippen molar-refractivity contribution in [1.29, 1.82) is 0 Å². The van der Waals surface area contributed by atoms with E-state index in [1.807, 2.05) is 19.1 Å². The average molecular weight is 247 g/mol. The molecule has 0 aliphatic carbocycles. The first-order valence-corrected chi connectivity index (χ1v) is 5.91. The molecule has 5 nitrogen and oxygen atoms in total. The molecule has 2 rings (SSSR count). The monoisotopic (exact) mass is 247 g/mol. The van der Waals surface area contributed by atoms with Gasteiger partial charge < -0.3 is 14.9 Å². The van der Waals surface area contributed by atoms with Gasteiger partial charge in [-0.25, -0.2) is 0 Å². The Kier molecular flexibility index (Phi) is 3.94. The van der Waals surface area contributed by atoms with Crippen LogP contribution in [0.1, 0.15) is 22.9 Å². The van der Waals surface area contributed by atoms with Gasteiger partial charge in [-0.15, -0.1) is 10.2 Å². The van der Waals surface area contributed by atoms with Gasteiger partial charge in [0.25, 0.3) is 0 Å². The van der Waals surface area contributed by atoms with Crippen molar-refractivity contribution >= 4 is 0 Å². The standard InChI is InChI=1S/C13H17N3O2/c1-9-4-3-5-11(10(9)2)17-7-6-12-15-16-13(8-14)18-12/h3-5H,6-8,14H2,1-2H3. The second kappa shape index (κ2) is 5.64. The van der Waals surface area contributed by atoms with Gasteiger partial charge in [-0.2, -0.15) is 0 Å². The maximum absolute atomic E-state index is 5.71. The molecule has 0 atom stereocenters. The highest BCUT2D eigenvalue weighted by molar-refractivity contribution is 5.38. The first-order chi connectivity index (χ1) is 8.70. The van der Waals surface area contributed by atoms with E-state index in [9.17, 15) is 0 Å². The Balaban J connectivity index is 1.90. The third kappa shape index (κ3) is 2.87. The van der Waals surface area contributed by atoms with Gasteiger partial charge in [0.2, 0.25) is 11.8 Å². The molecule has 0 unspecified atom stereocenters. The first-order valence-electron chi connectivity index (χ1n) is 5.91. The Morgan fingerprint density at radius 3 is 2.72 bits per heavy atom. The Labute approximate surface area is 106 Å². The third-order valence-electron chi connectivity index (χ3n) is 2.81. The van der Waals surface area contributed by atoms with Crippen LogP contribution in [0.4, 0.5) is 0 Å². The van der Waals surface area contributed by atoms with Gasteiger partial charge in [0.05, 0.1) is 19.6 Å². The molecule has 0 aliphatic heterocycles. The van der Waals surface area contributed by atoms with Crippen molar-refractivity contribution < 1.29 is 9.15 Å². The fourth-order valence-electron chi connectivity index (χ4n) is 1.60. The number of nitrogens with zero attached hydrogens (tertiary/aromatic N) is 2. The summed E-state index contributed by atoms with van der Waals surface area (Å²) in [5.41, 5.74) is 7.77. The topological polar surface area (TPSA) is 74.2 Å². The van der Waals surface area contributed by atoms with E-state index in [0.717, 1.165) is 11.3 Å². The second-order valence-corrected chi connectivity index (χ2v) is 4.09. The molecule has 2 aromatic rings. The Morgan fingerprint density at radius 1 is 1.22 bits per heavy atom. The summed E-state index contributed by atoms with van der Waals surface area (Å²) in [5.74, 6) is 1.91. The third-order valence-corrected chi connectivity index (χ3v) is 2.81. The lowest BCUT2D eigenvalue weighted by atomic mass is 10.1. The highest BCUT2D eigenvalue weighted by Crippen LogP contribution is 2.20. The lowest BCUT2D eigenvalue weighted by molar-refractivity contribution is 0.302. The van der Waals surface area contributed by atoms with E-state index in [0.29, 0.717) is 24.8 Å². The number of aromatic nitrogens is 2. The van der Waals surface area contributed by atoms with Crippen molar-refractivity contribution in [2.45, 2.75) is 26.8 Å². The zero-order chi connectivity index (χ0) is 13.0. The fraction of sp³-hybridized carbons (Fsp3) is 0.385. The van der Waals surface area contributed by atoms with Crippen LogP contribution >= 0.6 is 0 Å². The highest BCUT2D eigenvalue weighted by Gasteiger charge is 2.06. The van der Waals surface area contributed by atoms with Gasteiger partial charge >= 0.3 is 0 Å². The van der Waals surface area contributed by atoms with Crippen LogP contribution < -0.4 is 10.5 Å². The van der Waals surface area contributed by atoms with Crippen LogP contribution in [-0.2, 0) is 13.0 Å². The summed E-state index contributed by atoms with van der Waals surface area (Å²) in [6.07, 6.45) is 0.584. The molecule has 0 bridgehead atoms. The number of ether oxygens (including phenoxy) is 1. The summed E-state index contributed by atoms with van der Waals surface area (Å²) >= 11 is 0. The zero-order valence-electron chi connectivity index (χ0n) is 10.6. The Bertz CT molecular complexity index is 523. The molecule has 0 aliphatic rings. The Hall–Kier alpha value is -1.88. The van der Waals surface area contributed by atoms with Gasteiger partial charge in [0.1, 0.15) is 5.75 Å². The van der Waals surface area contributed by atoms with Gasteiger partial charge in [0, 0.05) is 0 Å². The minimum absolute atomic E-state index is 0.269. The van der Waals surface area contributed by atoms with Crippen LogP contribution in [0, 0.1) is 13.8 Å². The number of aryl methyl sites for hydroxylation is 1. The predicted octanol–water partition coefficient (Wildman–Crippen LogP) is 1.77. The molecule has 1 heterocycles. The quantitative estimate of drug-likeness (QED) is 0.871. The van der Waals surface area contributed by atoms with Gasteiger partial charge in [-0.3, -0.25) is 0 Å². The first kappa shape index (κ1) is 12.6. The zero-order valence-corrected chi connectivity index (χ0v) is 10.6. The minimum Gasteiger partial charge on any atom is -0.493 e. The summed E-state index contributed by atoms with van der Waals surface area (Å²) in [4.78, 5) is 0. The predicted molar refractivity (Wildman–Crippen MR) is 67.3 cm³/mol. The van der Waals surface area contributed by atoms with Crippen molar-refractivity contribution in [3.63, 3.8) is 0 Å². The van der Waals surface area contributed by atoms with E-state index in [-0.39, 0.29) is 6.54 Å². The van der Waals surface area contributed by atoms with E-state index in [1.165, 1.54) is 5.56 Å². The fourth-order valence-corrected chi connectivity index (χ4v) is 1.60. The minimum atomic E-state index is 0.269. The number of nitrogens with two attached hydrogens (primary N) is 1. The van der Waals surface area contributed by atoms with E-state index in [2.05, 4.69) is 23.2 Å². The van der Waals surface area contributed by atoms with E-state index in [1.54, 1.807) is 0 Å². The van der Waals surface area contributed by atoms with Crippen LogP contribution in [0.15, 0.2) is 22.6 Å². The Morgan fingerprint density at radius 2 is 2.00 bits per heavy atom. The van der Waals surface area contributed by atoms with Gasteiger partial charge in [-0.05, 0) is 31.0 Å². The lowest BCUT2D eigenvalue weighted by Crippen LogP contribution is -2.03. The van der Waals surface area contributed by atoms with Crippen molar-refractivity contribution in [1.82, 2.24) is 10.2 Å². The maximum atomic E-state index is 5.71. The summed E-state index contributed by atoms with van der Waals surface area (Å²) in [6, 6.07) is 6.01. The molecule has 0 spiro atoms. The van der Waals surface area contributed by atoms with Crippen LogP contribution in [0.25, 0.3) is 0 Å². The van der Waals surface area contributed by atoms with Crippen LogP contribution in [0.5, 0.6) is 5.75 Å². The summed E-state index contributed by atoms with van der Waals surface area (Å²) in [7, 11) is 0. The highest BCUT2D eigenvalue weighted by atomic mass is 16.5. The largest absolute Gasteiger partial charge is 0.493 e. The van der Waals surface area contributed by atoms with Gasteiger partial charge in [0.15, 0.2) is 0 Å². The van der Waals surface area contributed by atoms with Crippen molar-refractivity contribution in [3.05, 3.63) is 41.1 Å². The summed E-state index contributed by atoms with van der Waals surface area (Å²) in [5, 5.41) is 7.68. The molecule has 0 amide bonds. The molecular weight excluding hydrogens is 230 g/mol. The van der Waals surface area contributed by atoms with Crippen molar-refractivity contribution in [3.8, 4) is 5.75 Å². The molecule has 0 saturated heterocycles. The molecule has 18 heavy (non-hydrogen) atoms. The lowest BCUT2D eigenvalue weighted by Gasteiger charge is -2.09. The molecule has 5 heteroatoms. The van der Waals surface area contributed by atoms with E-state index in [4.69, 9.17) is 14.9 Å². The molecule has 1 aromatic heterocycles. The number of rotatable bonds is 5. The number of hydrogen-bond donors (Lipinski definition) is 1. The SMILES string of the molecule is Cc1cccc(OCCc2nnc(CN)o2)c1C. The molecule has 2 N–H and O–H groups in total. The maximum Gasteiger partial charge on any atom is 0.230 e. The van der Waals surface area contributed by atoms with Crippen molar-refractivity contribution in [2.75, 3.05) is 6.61 Å².